The zero-order chi connectivity index (χ0) is 8.97. The maximum absolute atomic E-state index is 9.92. The van der Waals surface area contributed by atoms with Gasteiger partial charge in [-0.15, -0.1) is 0 Å². The van der Waals surface area contributed by atoms with Crippen molar-refractivity contribution in [3.8, 4) is 0 Å². The van der Waals surface area contributed by atoms with E-state index in [9.17, 15) is 10.1 Å². The monoisotopic (exact) mass is 173 g/mol. The van der Waals surface area contributed by atoms with Gasteiger partial charge in [0.25, 0.3) is 6.20 Å². The van der Waals surface area contributed by atoms with Gasteiger partial charge in [-0.2, -0.15) is 0 Å². The summed E-state index contributed by atoms with van der Waals surface area (Å²) in [5, 5.41) is 12.7. The molecule has 0 atom stereocenters. The van der Waals surface area contributed by atoms with E-state index in [-0.39, 0.29) is 5.82 Å². The van der Waals surface area contributed by atoms with Gasteiger partial charge in [-0.25, -0.2) is 0 Å². The molecule has 0 aromatic heterocycles. The Labute approximate surface area is 69.5 Å². The summed E-state index contributed by atoms with van der Waals surface area (Å²) in [7, 11) is 0. The second-order valence-corrected chi connectivity index (χ2v) is 2.65. The van der Waals surface area contributed by atoms with Crippen LogP contribution in [0.25, 0.3) is 0 Å². The van der Waals surface area contributed by atoms with E-state index in [1.807, 2.05) is 0 Å². The van der Waals surface area contributed by atoms with Gasteiger partial charge in [0.15, 0.2) is 5.82 Å². The maximum Gasteiger partial charge on any atom is 0.273 e. The van der Waals surface area contributed by atoms with Gasteiger partial charge >= 0.3 is 0 Å². The molecule has 0 bridgehead atoms. The van der Waals surface area contributed by atoms with Gasteiger partial charge in [-0.1, -0.05) is 0 Å². The zero-order valence-corrected chi connectivity index (χ0v) is 6.53. The summed E-state index contributed by atoms with van der Waals surface area (Å²) in [6.45, 7) is 2.05. The van der Waals surface area contributed by atoms with Crippen molar-refractivity contribution < 1.29 is 9.66 Å². The molecular formula is C6H11N3O3. The van der Waals surface area contributed by atoms with Gasteiger partial charge in [0.1, 0.15) is 0 Å². The molecule has 3 N–H and O–H groups in total. The number of ether oxygens (including phenoxy) is 1. The Morgan fingerprint density at radius 2 is 2.50 bits per heavy atom. The van der Waals surface area contributed by atoms with Crippen LogP contribution in [0.3, 0.4) is 0 Å². The third kappa shape index (κ3) is 2.75. The molecule has 0 aliphatic carbocycles. The normalized spacial score (nSPS) is 18.5. The molecule has 0 spiro atoms. The average molecular weight is 173 g/mol. The predicted molar refractivity (Wildman–Crippen MR) is 41.6 cm³/mol. The number of nitrogens with zero attached hydrogens (tertiary/aromatic N) is 1. The van der Waals surface area contributed by atoms with Crippen LogP contribution in [-0.2, 0) is 4.74 Å². The molecule has 1 fully saturated rings. The molecule has 0 saturated carbocycles. The summed E-state index contributed by atoms with van der Waals surface area (Å²) in [4.78, 5) is 9.34. The van der Waals surface area contributed by atoms with Crippen molar-refractivity contribution in [1.29, 1.82) is 0 Å². The molecule has 0 aromatic rings. The first-order valence-corrected chi connectivity index (χ1v) is 3.61. The highest BCUT2D eigenvalue weighted by Crippen LogP contribution is 2.07. The predicted octanol–water partition coefficient (Wildman–Crippen LogP) is -0.743. The van der Waals surface area contributed by atoms with E-state index in [0.717, 1.165) is 6.20 Å². The van der Waals surface area contributed by atoms with Crippen LogP contribution >= 0.6 is 0 Å². The van der Waals surface area contributed by atoms with Crippen molar-refractivity contribution in [2.75, 3.05) is 19.8 Å². The van der Waals surface area contributed by atoms with Gasteiger partial charge in [0.2, 0.25) is 0 Å². The molecular weight excluding hydrogens is 162 g/mol. The summed E-state index contributed by atoms with van der Waals surface area (Å²) >= 11 is 0. The van der Waals surface area contributed by atoms with Crippen molar-refractivity contribution >= 4 is 0 Å². The Bertz CT molecular complexity index is 200. The molecule has 12 heavy (non-hydrogen) atoms. The van der Waals surface area contributed by atoms with Crippen LogP contribution in [0.2, 0.25) is 0 Å². The molecule has 6 heteroatoms. The van der Waals surface area contributed by atoms with E-state index < -0.39 is 4.92 Å². The second-order valence-electron chi connectivity index (χ2n) is 2.65. The molecule has 68 valence electrons. The minimum atomic E-state index is -0.584. The highest BCUT2D eigenvalue weighted by atomic mass is 16.6. The van der Waals surface area contributed by atoms with E-state index >= 15 is 0 Å². The highest BCUT2D eigenvalue weighted by Gasteiger charge is 2.17. The van der Waals surface area contributed by atoms with Crippen molar-refractivity contribution in [1.82, 2.24) is 5.32 Å². The van der Waals surface area contributed by atoms with Crippen molar-refractivity contribution in [3.05, 3.63) is 22.1 Å². The quantitative estimate of drug-likeness (QED) is 0.431. The maximum atomic E-state index is 9.92. The fourth-order valence-corrected chi connectivity index (χ4v) is 0.824. The standard InChI is InChI=1S/C6H11N3O3/c7-6(2-9(10)11)8-1-5-3-12-4-5/h2,5,8H,1,3-4,7H2/b6-2-. The number of nitrogens with one attached hydrogen (secondary N) is 1. The second kappa shape index (κ2) is 3.91. The van der Waals surface area contributed by atoms with Crippen LogP contribution in [-0.4, -0.2) is 24.7 Å². The number of hydrogen-bond acceptors (Lipinski definition) is 5. The Kier molecular flexibility index (Phi) is 2.87. The lowest BCUT2D eigenvalue weighted by Crippen LogP contribution is -2.38. The van der Waals surface area contributed by atoms with Crippen LogP contribution in [0.1, 0.15) is 0 Å². The average Bonchev–Trinajstić information content (AvgIpc) is 1.81. The lowest BCUT2D eigenvalue weighted by atomic mass is 10.1. The number of nitrogens with two attached hydrogens (primary N) is 1. The fraction of sp³-hybridized carbons (Fsp3) is 0.667. The van der Waals surface area contributed by atoms with E-state index in [2.05, 4.69) is 5.32 Å². The largest absolute Gasteiger partial charge is 0.381 e. The summed E-state index contributed by atoms with van der Waals surface area (Å²) in [5.41, 5.74) is 5.27. The lowest BCUT2D eigenvalue weighted by molar-refractivity contribution is -0.403. The molecule has 6 nitrogen and oxygen atoms in total. The SMILES string of the molecule is N/C(=C/[N+](=O)[O-])NCC1COC1. The number of hydrogen-bond donors (Lipinski definition) is 2. The molecule has 1 aliphatic heterocycles. The molecule has 1 rings (SSSR count). The first-order valence-electron chi connectivity index (χ1n) is 3.61. The Morgan fingerprint density at radius 3 is 2.92 bits per heavy atom. The van der Waals surface area contributed by atoms with Crippen molar-refractivity contribution in [2.24, 2.45) is 11.7 Å². The molecule has 0 unspecified atom stereocenters. The van der Waals surface area contributed by atoms with Gasteiger partial charge in [-0.05, 0) is 0 Å². The summed E-state index contributed by atoms with van der Waals surface area (Å²) in [6, 6.07) is 0. The van der Waals surface area contributed by atoms with Crippen LogP contribution in [0, 0.1) is 16.0 Å². The fourth-order valence-electron chi connectivity index (χ4n) is 0.824. The summed E-state index contributed by atoms with van der Waals surface area (Å²) in [6.07, 6.45) is 0.750. The molecule has 1 heterocycles. The van der Waals surface area contributed by atoms with Crippen LogP contribution < -0.4 is 11.1 Å². The topological polar surface area (TPSA) is 90.4 Å². The van der Waals surface area contributed by atoms with E-state index in [4.69, 9.17) is 10.5 Å². The van der Waals surface area contributed by atoms with E-state index in [1.54, 1.807) is 0 Å². The Hall–Kier alpha value is -1.30. The van der Waals surface area contributed by atoms with Crippen LogP contribution in [0.4, 0.5) is 0 Å². The van der Waals surface area contributed by atoms with E-state index in [1.165, 1.54) is 0 Å². The van der Waals surface area contributed by atoms with Gasteiger partial charge in [0.05, 0.1) is 18.1 Å². The number of rotatable bonds is 4. The lowest BCUT2D eigenvalue weighted by Gasteiger charge is -2.25. The molecule has 0 aromatic carbocycles. The molecule has 0 radical (unpaired) electrons. The van der Waals surface area contributed by atoms with E-state index in [0.29, 0.717) is 25.7 Å². The van der Waals surface area contributed by atoms with Crippen molar-refractivity contribution in [3.63, 3.8) is 0 Å². The molecule has 0 amide bonds. The zero-order valence-electron chi connectivity index (χ0n) is 6.53. The first kappa shape index (κ1) is 8.79. The van der Waals surface area contributed by atoms with Crippen LogP contribution in [0.5, 0.6) is 0 Å². The third-order valence-electron chi connectivity index (χ3n) is 1.55. The Balaban J connectivity index is 2.16. The van der Waals surface area contributed by atoms with Gasteiger partial charge in [0, 0.05) is 12.5 Å². The molecule has 1 saturated heterocycles. The third-order valence-corrected chi connectivity index (χ3v) is 1.55. The van der Waals surface area contributed by atoms with Gasteiger partial charge < -0.3 is 15.8 Å². The summed E-state index contributed by atoms with van der Waals surface area (Å²) in [5.74, 6) is 0.524. The smallest absolute Gasteiger partial charge is 0.273 e. The highest BCUT2D eigenvalue weighted by molar-refractivity contribution is 4.88. The first-order chi connectivity index (χ1) is 5.68. The Morgan fingerprint density at radius 1 is 1.83 bits per heavy atom. The minimum absolute atomic E-state index is 0.0897. The van der Waals surface area contributed by atoms with Crippen molar-refractivity contribution in [2.45, 2.75) is 0 Å². The van der Waals surface area contributed by atoms with Crippen LogP contribution in [0.15, 0.2) is 12.0 Å². The minimum Gasteiger partial charge on any atom is -0.381 e. The number of nitro groups is 1. The summed E-state index contributed by atoms with van der Waals surface area (Å²) < 4.78 is 4.91. The molecule has 1 aliphatic rings. The van der Waals surface area contributed by atoms with Gasteiger partial charge in [-0.3, -0.25) is 10.1 Å².